The second kappa shape index (κ2) is 8.59. The average molecular weight is 346 g/mol. The summed E-state index contributed by atoms with van der Waals surface area (Å²) in [6.07, 6.45) is 1.88. The van der Waals surface area contributed by atoms with E-state index in [1.807, 2.05) is 44.2 Å². The highest BCUT2D eigenvalue weighted by Gasteiger charge is 2.20. The molecular formula is C18H22N2O3S. The van der Waals surface area contributed by atoms with E-state index in [1.54, 1.807) is 0 Å². The lowest BCUT2D eigenvalue weighted by Gasteiger charge is -2.12. The third-order valence-electron chi connectivity index (χ3n) is 3.43. The minimum Gasteiger partial charge on any atom is -0.451 e. The van der Waals surface area contributed by atoms with Crippen molar-refractivity contribution >= 4 is 23.2 Å². The molecule has 0 aliphatic heterocycles. The molecule has 2 rings (SSSR count). The van der Waals surface area contributed by atoms with Crippen LogP contribution in [0.1, 0.15) is 41.4 Å². The Balaban J connectivity index is 2.02. The van der Waals surface area contributed by atoms with E-state index in [4.69, 9.17) is 4.74 Å². The summed E-state index contributed by atoms with van der Waals surface area (Å²) in [5.74, 6) is -0.801. The summed E-state index contributed by atoms with van der Waals surface area (Å²) in [5, 5.41) is 3.59. The fourth-order valence-corrected chi connectivity index (χ4v) is 3.21. The molecule has 1 atom stereocenters. The number of benzene rings is 1. The number of carbonyl (C=O) groups excluding carboxylic acids is 2. The number of thiazole rings is 1. The van der Waals surface area contributed by atoms with Crippen LogP contribution in [0.5, 0.6) is 0 Å². The van der Waals surface area contributed by atoms with Gasteiger partial charge < -0.3 is 10.1 Å². The van der Waals surface area contributed by atoms with Gasteiger partial charge in [-0.25, -0.2) is 9.78 Å². The molecule has 1 aromatic heterocycles. The van der Waals surface area contributed by atoms with Crippen molar-refractivity contribution in [3.63, 3.8) is 0 Å². The number of aryl methyl sites for hydroxylation is 1. The molecule has 1 amide bonds. The van der Waals surface area contributed by atoms with Gasteiger partial charge in [-0.15, -0.1) is 11.3 Å². The van der Waals surface area contributed by atoms with Gasteiger partial charge in [-0.3, -0.25) is 4.79 Å². The molecular weight excluding hydrogens is 324 g/mol. The molecule has 2 aromatic rings. The number of carbonyl (C=O) groups is 2. The van der Waals surface area contributed by atoms with Crippen LogP contribution < -0.4 is 5.32 Å². The zero-order valence-corrected chi connectivity index (χ0v) is 15.0. The van der Waals surface area contributed by atoms with Crippen molar-refractivity contribution in [1.82, 2.24) is 10.3 Å². The Morgan fingerprint density at radius 3 is 2.67 bits per heavy atom. The van der Waals surface area contributed by atoms with Crippen LogP contribution in [0.25, 0.3) is 11.3 Å². The van der Waals surface area contributed by atoms with Crippen LogP contribution in [0.3, 0.4) is 0 Å². The van der Waals surface area contributed by atoms with Crippen LogP contribution >= 0.6 is 11.3 Å². The third-order valence-corrected chi connectivity index (χ3v) is 4.38. The van der Waals surface area contributed by atoms with Gasteiger partial charge in [0.2, 0.25) is 0 Å². The number of rotatable bonds is 7. The van der Waals surface area contributed by atoms with Crippen molar-refractivity contribution in [3.05, 3.63) is 40.2 Å². The average Bonchev–Trinajstić information content (AvgIpc) is 2.95. The molecule has 1 N–H and O–H groups in total. The van der Waals surface area contributed by atoms with E-state index in [-0.39, 0.29) is 18.6 Å². The monoisotopic (exact) mass is 346 g/mol. The summed E-state index contributed by atoms with van der Waals surface area (Å²) >= 11 is 1.27. The number of nitrogens with zero attached hydrogens (tertiary/aromatic N) is 1. The van der Waals surface area contributed by atoms with Gasteiger partial charge in [0.05, 0.1) is 10.7 Å². The maximum absolute atomic E-state index is 12.3. The minimum absolute atomic E-state index is 0.0757. The molecule has 0 bridgehead atoms. The van der Waals surface area contributed by atoms with Crippen molar-refractivity contribution in [2.45, 2.75) is 39.7 Å². The molecule has 24 heavy (non-hydrogen) atoms. The number of ether oxygens (including phenoxy) is 1. The second-order valence-electron chi connectivity index (χ2n) is 5.61. The van der Waals surface area contributed by atoms with Gasteiger partial charge in [-0.05, 0) is 20.3 Å². The molecule has 0 spiro atoms. The van der Waals surface area contributed by atoms with Crippen LogP contribution in [0.4, 0.5) is 0 Å². The molecule has 0 radical (unpaired) electrons. The molecule has 0 aliphatic carbocycles. The van der Waals surface area contributed by atoms with Gasteiger partial charge in [-0.1, -0.05) is 43.7 Å². The molecule has 6 heteroatoms. The Labute approximate surface area is 146 Å². The lowest BCUT2D eigenvalue weighted by atomic mass is 10.1. The van der Waals surface area contributed by atoms with E-state index in [9.17, 15) is 9.59 Å². The van der Waals surface area contributed by atoms with Crippen molar-refractivity contribution in [1.29, 1.82) is 0 Å². The quantitative estimate of drug-likeness (QED) is 0.778. The predicted molar refractivity (Wildman–Crippen MR) is 95.1 cm³/mol. The first-order valence-electron chi connectivity index (χ1n) is 8.00. The van der Waals surface area contributed by atoms with Crippen molar-refractivity contribution in [2.75, 3.05) is 6.61 Å². The highest BCUT2D eigenvalue weighted by atomic mass is 32.1. The van der Waals surface area contributed by atoms with Crippen LogP contribution in [-0.4, -0.2) is 29.5 Å². The lowest BCUT2D eigenvalue weighted by molar-refractivity contribution is -0.124. The third kappa shape index (κ3) is 4.89. The number of hydrogen-bond donors (Lipinski definition) is 1. The Morgan fingerprint density at radius 1 is 1.29 bits per heavy atom. The van der Waals surface area contributed by atoms with Crippen LogP contribution in [0, 0.1) is 6.92 Å². The maximum atomic E-state index is 12.3. The molecule has 1 heterocycles. The molecule has 1 aromatic carbocycles. The highest BCUT2D eigenvalue weighted by molar-refractivity contribution is 7.14. The first-order chi connectivity index (χ1) is 11.5. The number of aromatic nitrogens is 1. The fraction of sp³-hybridized carbons (Fsp3) is 0.389. The Morgan fingerprint density at radius 2 is 2.00 bits per heavy atom. The summed E-state index contributed by atoms with van der Waals surface area (Å²) < 4.78 is 5.16. The zero-order valence-electron chi connectivity index (χ0n) is 14.2. The van der Waals surface area contributed by atoms with Gasteiger partial charge in [0, 0.05) is 11.6 Å². The van der Waals surface area contributed by atoms with Gasteiger partial charge in [0.15, 0.2) is 6.61 Å². The summed E-state index contributed by atoms with van der Waals surface area (Å²) in [5.41, 5.74) is 1.46. The molecule has 0 saturated heterocycles. The van der Waals surface area contributed by atoms with E-state index in [1.165, 1.54) is 11.3 Å². The van der Waals surface area contributed by atoms with Gasteiger partial charge in [0.1, 0.15) is 4.88 Å². The van der Waals surface area contributed by atoms with Gasteiger partial charge in [-0.2, -0.15) is 0 Å². The Kier molecular flexibility index (Phi) is 6.49. The van der Waals surface area contributed by atoms with Crippen molar-refractivity contribution in [2.24, 2.45) is 0 Å². The van der Waals surface area contributed by atoms with Crippen molar-refractivity contribution < 1.29 is 14.3 Å². The van der Waals surface area contributed by atoms with Crippen LogP contribution in [0.2, 0.25) is 0 Å². The largest absolute Gasteiger partial charge is 0.451 e. The summed E-state index contributed by atoms with van der Waals surface area (Å²) in [7, 11) is 0. The van der Waals surface area contributed by atoms with E-state index in [0.717, 1.165) is 23.4 Å². The highest BCUT2D eigenvalue weighted by Crippen LogP contribution is 2.28. The van der Waals surface area contributed by atoms with Gasteiger partial charge in [0.25, 0.3) is 5.91 Å². The molecule has 0 saturated carbocycles. The number of nitrogens with one attached hydrogen (secondary N) is 1. The summed E-state index contributed by atoms with van der Waals surface area (Å²) in [6, 6.07) is 9.55. The van der Waals surface area contributed by atoms with E-state index >= 15 is 0 Å². The van der Waals surface area contributed by atoms with E-state index in [2.05, 4.69) is 17.2 Å². The lowest BCUT2D eigenvalue weighted by Crippen LogP contribution is -2.35. The minimum atomic E-state index is -0.516. The second-order valence-corrected chi connectivity index (χ2v) is 6.81. The first-order valence-corrected chi connectivity index (χ1v) is 8.82. The Hall–Kier alpha value is -2.21. The summed E-state index contributed by atoms with van der Waals surface area (Å²) in [4.78, 5) is 29.0. The summed E-state index contributed by atoms with van der Waals surface area (Å²) in [6.45, 7) is 5.55. The first kappa shape index (κ1) is 18.1. The number of esters is 1. The number of amides is 1. The molecule has 128 valence electrons. The molecule has 5 nitrogen and oxygen atoms in total. The maximum Gasteiger partial charge on any atom is 0.351 e. The van der Waals surface area contributed by atoms with Crippen LogP contribution in [-0.2, 0) is 9.53 Å². The van der Waals surface area contributed by atoms with E-state index in [0.29, 0.717) is 10.6 Å². The standard InChI is InChI=1S/C18H22N2O3S/c1-4-8-12(2)19-15(21)11-23-18(22)17-16(20-13(3)24-17)14-9-6-5-7-10-14/h5-7,9-10,12H,4,8,11H2,1-3H3,(H,19,21)/t12-/m1/s1. The smallest absolute Gasteiger partial charge is 0.351 e. The molecule has 0 aliphatic rings. The topological polar surface area (TPSA) is 68.3 Å². The fourth-order valence-electron chi connectivity index (χ4n) is 2.38. The zero-order chi connectivity index (χ0) is 17.5. The van der Waals surface area contributed by atoms with Crippen LogP contribution in [0.15, 0.2) is 30.3 Å². The van der Waals surface area contributed by atoms with E-state index < -0.39 is 5.97 Å². The predicted octanol–water partition coefficient (Wildman–Crippen LogP) is 3.58. The molecule has 0 fully saturated rings. The normalized spacial score (nSPS) is 11.8. The SMILES string of the molecule is CCC[C@@H](C)NC(=O)COC(=O)c1sc(C)nc1-c1ccccc1. The Bertz CT molecular complexity index is 698. The van der Waals surface area contributed by atoms with Gasteiger partial charge >= 0.3 is 5.97 Å². The number of hydrogen-bond acceptors (Lipinski definition) is 5. The van der Waals surface area contributed by atoms with Crippen molar-refractivity contribution in [3.8, 4) is 11.3 Å². The molecule has 0 unspecified atom stereocenters.